The maximum Gasteiger partial charge on any atom is 0.335 e. The Balaban J connectivity index is 0.000000180. The van der Waals surface area contributed by atoms with E-state index in [2.05, 4.69) is 0 Å². The highest BCUT2D eigenvalue weighted by molar-refractivity contribution is 6.17. The molecule has 2 aromatic carbocycles. The smallest absolute Gasteiger partial charge is 0.335 e. The van der Waals surface area contributed by atoms with Crippen molar-refractivity contribution in [1.82, 2.24) is 0 Å². The Labute approximate surface area is 110 Å². The van der Waals surface area contributed by atoms with Gasteiger partial charge in [-0.15, -0.1) is 11.6 Å². The SMILES string of the molecule is O=C(O)c1ccccc1.Oc1ccccc1CCl. The molecule has 3 nitrogen and oxygen atoms in total. The van der Waals surface area contributed by atoms with Crippen molar-refractivity contribution < 1.29 is 15.0 Å². The quantitative estimate of drug-likeness (QED) is 0.816. The summed E-state index contributed by atoms with van der Waals surface area (Å²) in [6, 6.07) is 15.3. The third-order valence-corrected chi connectivity index (χ3v) is 2.44. The minimum Gasteiger partial charge on any atom is -0.508 e. The largest absolute Gasteiger partial charge is 0.508 e. The van der Waals surface area contributed by atoms with Crippen LogP contribution in [0.3, 0.4) is 0 Å². The minimum atomic E-state index is -0.879. The Bertz CT molecular complexity index is 497. The molecule has 0 aliphatic heterocycles. The van der Waals surface area contributed by atoms with E-state index < -0.39 is 5.97 Å². The number of phenols is 1. The number of rotatable bonds is 2. The van der Waals surface area contributed by atoms with E-state index in [-0.39, 0.29) is 5.75 Å². The predicted molar refractivity (Wildman–Crippen MR) is 71.1 cm³/mol. The summed E-state index contributed by atoms with van der Waals surface area (Å²) in [5.41, 5.74) is 1.11. The molecule has 2 rings (SSSR count). The number of carboxylic acid groups (broad SMARTS) is 1. The van der Waals surface area contributed by atoms with Gasteiger partial charge >= 0.3 is 5.97 Å². The number of phenolic OH excluding ortho intramolecular Hbond substituents is 1. The van der Waals surface area contributed by atoms with E-state index in [1.54, 1.807) is 48.5 Å². The molecule has 0 aromatic heterocycles. The third kappa shape index (κ3) is 4.47. The van der Waals surface area contributed by atoms with Crippen LogP contribution in [-0.2, 0) is 5.88 Å². The first-order valence-corrected chi connectivity index (χ1v) is 5.79. The van der Waals surface area contributed by atoms with Crippen molar-refractivity contribution in [3.05, 3.63) is 65.7 Å². The van der Waals surface area contributed by atoms with E-state index >= 15 is 0 Å². The molecule has 0 bridgehead atoms. The monoisotopic (exact) mass is 264 g/mol. The molecule has 0 unspecified atom stereocenters. The summed E-state index contributed by atoms with van der Waals surface area (Å²) in [4.78, 5) is 10.2. The molecule has 0 radical (unpaired) electrons. The zero-order valence-electron chi connectivity index (χ0n) is 9.58. The molecule has 18 heavy (non-hydrogen) atoms. The molecule has 0 atom stereocenters. The minimum absolute atomic E-state index is 0.271. The highest BCUT2D eigenvalue weighted by atomic mass is 35.5. The van der Waals surface area contributed by atoms with Gasteiger partial charge in [-0.3, -0.25) is 0 Å². The number of aromatic carboxylic acids is 1. The average molecular weight is 265 g/mol. The molecule has 4 heteroatoms. The van der Waals surface area contributed by atoms with Gasteiger partial charge in [0.1, 0.15) is 5.75 Å². The fourth-order valence-electron chi connectivity index (χ4n) is 1.20. The molecule has 2 N–H and O–H groups in total. The zero-order chi connectivity index (χ0) is 13.4. The van der Waals surface area contributed by atoms with Gasteiger partial charge in [0.25, 0.3) is 0 Å². The van der Waals surface area contributed by atoms with E-state index in [1.165, 1.54) is 0 Å². The number of para-hydroxylation sites is 1. The van der Waals surface area contributed by atoms with Gasteiger partial charge < -0.3 is 10.2 Å². The van der Waals surface area contributed by atoms with Gasteiger partial charge in [-0.25, -0.2) is 4.79 Å². The fourth-order valence-corrected chi connectivity index (χ4v) is 1.43. The number of halogens is 1. The summed E-state index contributed by atoms with van der Waals surface area (Å²) >= 11 is 5.47. The summed E-state index contributed by atoms with van der Waals surface area (Å²) in [7, 11) is 0. The molecule has 0 amide bonds. The van der Waals surface area contributed by atoms with Gasteiger partial charge in [-0.1, -0.05) is 36.4 Å². The van der Waals surface area contributed by atoms with E-state index in [1.807, 2.05) is 6.07 Å². The van der Waals surface area contributed by atoms with Crippen molar-refractivity contribution in [1.29, 1.82) is 0 Å². The maximum atomic E-state index is 10.2. The second kappa shape index (κ2) is 7.35. The van der Waals surface area contributed by atoms with Crippen LogP contribution in [0.1, 0.15) is 15.9 Å². The average Bonchev–Trinajstić information content (AvgIpc) is 2.41. The van der Waals surface area contributed by atoms with E-state index in [0.717, 1.165) is 5.56 Å². The van der Waals surface area contributed by atoms with Crippen molar-refractivity contribution in [2.24, 2.45) is 0 Å². The fraction of sp³-hybridized carbons (Fsp3) is 0.0714. The van der Waals surface area contributed by atoms with E-state index in [4.69, 9.17) is 21.8 Å². The highest BCUT2D eigenvalue weighted by Crippen LogP contribution is 2.16. The highest BCUT2D eigenvalue weighted by Gasteiger charge is 1.96. The van der Waals surface area contributed by atoms with Crippen molar-refractivity contribution in [3.63, 3.8) is 0 Å². The van der Waals surface area contributed by atoms with Crippen LogP contribution in [0.5, 0.6) is 5.75 Å². The first-order chi connectivity index (χ1) is 8.65. The van der Waals surface area contributed by atoms with Crippen molar-refractivity contribution >= 4 is 17.6 Å². The Kier molecular flexibility index (Phi) is 5.74. The Morgan fingerprint density at radius 3 is 1.94 bits per heavy atom. The molecule has 2 aromatic rings. The van der Waals surface area contributed by atoms with E-state index in [0.29, 0.717) is 11.4 Å². The lowest BCUT2D eigenvalue weighted by atomic mass is 10.2. The molecule has 0 saturated heterocycles. The van der Waals surface area contributed by atoms with Crippen LogP contribution in [-0.4, -0.2) is 16.2 Å². The van der Waals surface area contributed by atoms with Crippen LogP contribution in [0.2, 0.25) is 0 Å². The second-order valence-corrected chi connectivity index (χ2v) is 3.70. The summed E-state index contributed by atoms with van der Waals surface area (Å²) < 4.78 is 0. The number of aromatic hydroxyl groups is 1. The molecule has 0 heterocycles. The number of carbonyl (C=O) groups is 1. The predicted octanol–water partition coefficient (Wildman–Crippen LogP) is 3.52. The molecule has 0 saturated carbocycles. The van der Waals surface area contributed by atoms with E-state index in [9.17, 15) is 4.79 Å². The van der Waals surface area contributed by atoms with Crippen LogP contribution in [0.25, 0.3) is 0 Å². The molecular formula is C14H13ClO3. The summed E-state index contributed by atoms with van der Waals surface area (Å²) in [5.74, 6) is -0.241. The topological polar surface area (TPSA) is 57.5 Å². The van der Waals surface area contributed by atoms with Gasteiger partial charge in [0.2, 0.25) is 0 Å². The summed E-state index contributed by atoms with van der Waals surface area (Å²) in [6.07, 6.45) is 0. The standard InChI is InChI=1S/C7H7ClO.C7H6O2/c8-5-6-3-1-2-4-7(6)9;8-7(9)6-4-2-1-3-5-6/h1-4,9H,5H2;1-5H,(H,8,9). The number of carboxylic acids is 1. The van der Waals surface area contributed by atoms with Gasteiger partial charge in [-0.2, -0.15) is 0 Å². The van der Waals surface area contributed by atoms with Gasteiger partial charge in [0.15, 0.2) is 0 Å². The first kappa shape index (κ1) is 14.1. The van der Waals surface area contributed by atoms with Gasteiger partial charge in [-0.05, 0) is 18.2 Å². The van der Waals surface area contributed by atoms with Crippen LogP contribution >= 0.6 is 11.6 Å². The zero-order valence-corrected chi connectivity index (χ0v) is 10.3. The third-order valence-electron chi connectivity index (χ3n) is 2.16. The normalized spacial score (nSPS) is 9.17. The van der Waals surface area contributed by atoms with Crippen molar-refractivity contribution in [2.45, 2.75) is 5.88 Å². The van der Waals surface area contributed by atoms with Crippen LogP contribution in [0.15, 0.2) is 54.6 Å². The Hall–Kier alpha value is -2.00. The summed E-state index contributed by atoms with van der Waals surface area (Å²) in [5, 5.41) is 17.4. The number of hydrogen-bond donors (Lipinski definition) is 2. The van der Waals surface area contributed by atoms with Gasteiger partial charge in [0.05, 0.1) is 11.4 Å². The van der Waals surface area contributed by atoms with Gasteiger partial charge in [0, 0.05) is 5.56 Å². The molecule has 0 aliphatic rings. The first-order valence-electron chi connectivity index (χ1n) is 5.26. The molecule has 0 fully saturated rings. The van der Waals surface area contributed by atoms with Crippen molar-refractivity contribution in [2.75, 3.05) is 0 Å². The number of benzene rings is 2. The molecule has 0 aliphatic carbocycles. The molecule has 94 valence electrons. The molecule has 0 spiro atoms. The number of hydrogen-bond acceptors (Lipinski definition) is 2. The summed E-state index contributed by atoms with van der Waals surface area (Å²) in [6.45, 7) is 0. The Morgan fingerprint density at radius 1 is 1.00 bits per heavy atom. The van der Waals surface area contributed by atoms with Crippen molar-refractivity contribution in [3.8, 4) is 5.75 Å². The van der Waals surface area contributed by atoms with Crippen LogP contribution in [0.4, 0.5) is 0 Å². The lowest BCUT2D eigenvalue weighted by Crippen LogP contribution is -1.93. The maximum absolute atomic E-state index is 10.2. The second-order valence-electron chi connectivity index (χ2n) is 3.43. The molecular weight excluding hydrogens is 252 g/mol. The van der Waals surface area contributed by atoms with Crippen LogP contribution < -0.4 is 0 Å². The lowest BCUT2D eigenvalue weighted by molar-refractivity contribution is 0.0697. The lowest BCUT2D eigenvalue weighted by Gasteiger charge is -1.95. The van der Waals surface area contributed by atoms with Crippen LogP contribution in [0, 0.1) is 0 Å². The Morgan fingerprint density at radius 2 is 1.56 bits per heavy atom. The number of alkyl halides is 1.